The molecule has 0 saturated heterocycles. The van der Waals surface area contributed by atoms with Crippen LogP contribution in [0.25, 0.3) is 0 Å². The van der Waals surface area contributed by atoms with Crippen LogP contribution in [-0.2, 0) is 4.79 Å². The molecule has 1 amide bonds. The molecule has 0 aromatic heterocycles. The monoisotopic (exact) mass is 225 g/mol. The molecular weight excluding hydrogens is 210 g/mol. The first-order valence-corrected chi connectivity index (χ1v) is 5.57. The van der Waals surface area contributed by atoms with E-state index in [9.17, 15) is 4.79 Å². The third kappa shape index (κ3) is 3.92. The first-order valence-electron chi connectivity index (χ1n) is 5.19. The number of nitrogens with one attached hydrogen (secondary N) is 1. The van der Waals surface area contributed by atoms with Gasteiger partial charge in [-0.25, -0.2) is 0 Å². The number of rotatable bonds is 4. The molecule has 3 heteroatoms. The van der Waals surface area contributed by atoms with Gasteiger partial charge in [-0.1, -0.05) is 31.0 Å². The van der Waals surface area contributed by atoms with Crippen LogP contribution < -0.4 is 5.32 Å². The second kappa shape index (κ2) is 5.76. The number of amides is 1. The zero-order valence-electron chi connectivity index (χ0n) is 9.14. The van der Waals surface area contributed by atoms with E-state index >= 15 is 0 Å². The molecule has 0 heterocycles. The number of aryl methyl sites for hydroxylation is 1. The van der Waals surface area contributed by atoms with E-state index < -0.39 is 0 Å². The summed E-state index contributed by atoms with van der Waals surface area (Å²) < 4.78 is 0. The Morgan fingerprint density at radius 2 is 2.20 bits per heavy atom. The van der Waals surface area contributed by atoms with Crippen LogP contribution in [0.5, 0.6) is 0 Å². The number of hydrogen-bond acceptors (Lipinski definition) is 1. The molecule has 0 radical (unpaired) electrons. The van der Waals surface area contributed by atoms with Gasteiger partial charge < -0.3 is 5.32 Å². The maximum Gasteiger partial charge on any atom is 0.224 e. The van der Waals surface area contributed by atoms with E-state index in [1.807, 2.05) is 25.1 Å². The Labute approximate surface area is 95.6 Å². The Morgan fingerprint density at radius 1 is 1.47 bits per heavy atom. The van der Waals surface area contributed by atoms with Crippen LogP contribution in [0, 0.1) is 6.92 Å². The van der Waals surface area contributed by atoms with Crippen molar-refractivity contribution < 1.29 is 4.79 Å². The van der Waals surface area contributed by atoms with Gasteiger partial charge in [0.25, 0.3) is 0 Å². The lowest BCUT2D eigenvalue weighted by Gasteiger charge is -2.07. The average molecular weight is 226 g/mol. The van der Waals surface area contributed by atoms with Crippen LogP contribution in [0.1, 0.15) is 31.7 Å². The molecule has 0 bridgehead atoms. The van der Waals surface area contributed by atoms with Crippen molar-refractivity contribution in [3.05, 3.63) is 28.8 Å². The zero-order chi connectivity index (χ0) is 11.3. The zero-order valence-corrected chi connectivity index (χ0v) is 9.90. The number of halogens is 1. The van der Waals surface area contributed by atoms with E-state index in [1.54, 1.807) is 0 Å². The molecule has 2 nitrogen and oxygen atoms in total. The topological polar surface area (TPSA) is 29.1 Å². The standard InChI is InChI=1S/C12H16ClNO/c1-3-4-5-12(15)14-11-7-6-9(2)8-10(11)13/h6-8H,3-5H2,1-2H3,(H,14,15). The molecule has 1 aromatic carbocycles. The van der Waals surface area contributed by atoms with Crippen LogP contribution >= 0.6 is 11.6 Å². The minimum atomic E-state index is 0.0302. The summed E-state index contributed by atoms with van der Waals surface area (Å²) in [6, 6.07) is 5.61. The van der Waals surface area contributed by atoms with Gasteiger partial charge in [0.15, 0.2) is 0 Å². The molecule has 1 aromatic rings. The second-order valence-corrected chi connectivity index (χ2v) is 4.04. The summed E-state index contributed by atoms with van der Waals surface area (Å²) in [5.41, 5.74) is 1.79. The highest BCUT2D eigenvalue weighted by molar-refractivity contribution is 6.33. The highest BCUT2D eigenvalue weighted by Crippen LogP contribution is 2.22. The average Bonchev–Trinajstić information content (AvgIpc) is 2.19. The van der Waals surface area contributed by atoms with Crippen LogP contribution in [0.2, 0.25) is 5.02 Å². The van der Waals surface area contributed by atoms with Crippen molar-refractivity contribution in [3.63, 3.8) is 0 Å². The van der Waals surface area contributed by atoms with Crippen molar-refractivity contribution in [2.45, 2.75) is 33.1 Å². The summed E-state index contributed by atoms with van der Waals surface area (Å²) >= 11 is 5.99. The molecule has 82 valence electrons. The van der Waals surface area contributed by atoms with Gasteiger partial charge in [-0.3, -0.25) is 4.79 Å². The van der Waals surface area contributed by atoms with Crippen LogP contribution in [-0.4, -0.2) is 5.91 Å². The van der Waals surface area contributed by atoms with E-state index in [2.05, 4.69) is 12.2 Å². The molecule has 0 unspecified atom stereocenters. The number of unbranched alkanes of at least 4 members (excludes halogenated alkanes) is 1. The van der Waals surface area contributed by atoms with Gasteiger partial charge in [0.2, 0.25) is 5.91 Å². The number of carbonyl (C=O) groups excluding carboxylic acids is 1. The molecule has 1 rings (SSSR count). The Hall–Kier alpha value is -1.02. The minimum absolute atomic E-state index is 0.0302. The highest BCUT2D eigenvalue weighted by atomic mass is 35.5. The summed E-state index contributed by atoms with van der Waals surface area (Å²) in [6.45, 7) is 4.03. The van der Waals surface area contributed by atoms with Crippen molar-refractivity contribution in [1.29, 1.82) is 0 Å². The fourth-order valence-corrected chi connectivity index (χ4v) is 1.55. The predicted molar refractivity (Wildman–Crippen MR) is 64.3 cm³/mol. The third-order valence-electron chi connectivity index (χ3n) is 2.16. The van der Waals surface area contributed by atoms with Gasteiger partial charge in [-0.2, -0.15) is 0 Å². The molecule has 0 saturated carbocycles. The third-order valence-corrected chi connectivity index (χ3v) is 2.47. The number of anilines is 1. The van der Waals surface area contributed by atoms with Gasteiger partial charge in [-0.05, 0) is 31.0 Å². The van der Waals surface area contributed by atoms with Gasteiger partial charge in [0, 0.05) is 6.42 Å². The largest absolute Gasteiger partial charge is 0.325 e. The SMILES string of the molecule is CCCCC(=O)Nc1ccc(C)cc1Cl. The first kappa shape index (κ1) is 12.1. The van der Waals surface area contributed by atoms with Gasteiger partial charge >= 0.3 is 0 Å². The maximum absolute atomic E-state index is 11.4. The fraction of sp³-hybridized carbons (Fsp3) is 0.417. The number of benzene rings is 1. The smallest absolute Gasteiger partial charge is 0.224 e. The van der Waals surface area contributed by atoms with Crippen molar-refractivity contribution in [2.24, 2.45) is 0 Å². The van der Waals surface area contributed by atoms with Crippen molar-refractivity contribution >= 4 is 23.2 Å². The normalized spacial score (nSPS) is 10.1. The predicted octanol–water partition coefficient (Wildman–Crippen LogP) is 3.78. The summed E-state index contributed by atoms with van der Waals surface area (Å²) in [7, 11) is 0. The van der Waals surface area contributed by atoms with Crippen LogP contribution in [0.3, 0.4) is 0 Å². The van der Waals surface area contributed by atoms with E-state index in [0.717, 1.165) is 18.4 Å². The molecule has 0 spiro atoms. The summed E-state index contributed by atoms with van der Waals surface area (Å²) in [5, 5.41) is 3.40. The van der Waals surface area contributed by atoms with Gasteiger partial charge in [0.05, 0.1) is 10.7 Å². The molecule has 0 aliphatic rings. The van der Waals surface area contributed by atoms with E-state index in [4.69, 9.17) is 11.6 Å². The summed E-state index contributed by atoms with van der Waals surface area (Å²) in [5.74, 6) is 0.0302. The number of carbonyl (C=O) groups is 1. The molecule has 0 aliphatic heterocycles. The van der Waals surface area contributed by atoms with Crippen molar-refractivity contribution in [1.82, 2.24) is 0 Å². The first-order chi connectivity index (χ1) is 7.13. The summed E-state index contributed by atoms with van der Waals surface area (Å²) in [6.07, 6.45) is 2.49. The molecule has 1 N–H and O–H groups in total. The van der Waals surface area contributed by atoms with Crippen LogP contribution in [0.15, 0.2) is 18.2 Å². The Morgan fingerprint density at radius 3 is 2.80 bits per heavy atom. The highest BCUT2D eigenvalue weighted by Gasteiger charge is 2.04. The Kier molecular flexibility index (Phi) is 4.63. The van der Waals surface area contributed by atoms with E-state index in [0.29, 0.717) is 17.1 Å². The lowest BCUT2D eigenvalue weighted by molar-refractivity contribution is -0.116. The fourth-order valence-electron chi connectivity index (χ4n) is 1.27. The number of hydrogen-bond donors (Lipinski definition) is 1. The minimum Gasteiger partial charge on any atom is -0.325 e. The quantitative estimate of drug-likeness (QED) is 0.830. The lowest BCUT2D eigenvalue weighted by Crippen LogP contribution is -2.11. The Bertz CT molecular complexity index is 349. The van der Waals surface area contributed by atoms with Crippen molar-refractivity contribution in [2.75, 3.05) is 5.32 Å². The Balaban J connectivity index is 2.60. The lowest BCUT2D eigenvalue weighted by atomic mass is 10.2. The molecule has 0 atom stereocenters. The van der Waals surface area contributed by atoms with E-state index in [-0.39, 0.29) is 5.91 Å². The van der Waals surface area contributed by atoms with Gasteiger partial charge in [-0.15, -0.1) is 0 Å². The molecule has 15 heavy (non-hydrogen) atoms. The van der Waals surface area contributed by atoms with Crippen LogP contribution in [0.4, 0.5) is 5.69 Å². The van der Waals surface area contributed by atoms with Crippen molar-refractivity contribution in [3.8, 4) is 0 Å². The maximum atomic E-state index is 11.4. The molecular formula is C12H16ClNO. The molecule has 0 aliphatic carbocycles. The molecule has 0 fully saturated rings. The summed E-state index contributed by atoms with van der Waals surface area (Å²) in [4.78, 5) is 11.4. The second-order valence-electron chi connectivity index (χ2n) is 3.64. The van der Waals surface area contributed by atoms with Gasteiger partial charge in [0.1, 0.15) is 0 Å². The van der Waals surface area contributed by atoms with E-state index in [1.165, 1.54) is 0 Å².